The molecule has 9 heteroatoms. The number of amides is 4. The molecule has 0 aromatic heterocycles. The van der Waals surface area contributed by atoms with Gasteiger partial charge < -0.3 is 10.1 Å². The molecule has 2 N–H and O–H groups in total. The van der Waals surface area contributed by atoms with Crippen molar-refractivity contribution in [3.63, 3.8) is 0 Å². The zero-order valence-corrected chi connectivity index (χ0v) is 17.0. The summed E-state index contributed by atoms with van der Waals surface area (Å²) in [6.07, 6.45) is 2.40. The summed E-state index contributed by atoms with van der Waals surface area (Å²) in [5.74, 6) is -1.74. The summed E-state index contributed by atoms with van der Waals surface area (Å²) in [4.78, 5) is 52.7. The molecule has 1 aromatic carbocycles. The summed E-state index contributed by atoms with van der Waals surface area (Å²) in [6, 6.07) is 4.43. The average molecular weight is 414 g/mol. The second kappa shape index (κ2) is 8.53. The van der Waals surface area contributed by atoms with Gasteiger partial charge in [0.2, 0.25) is 11.8 Å². The van der Waals surface area contributed by atoms with E-state index >= 15 is 0 Å². The number of fused-ring (bicyclic) bond motifs is 1. The summed E-state index contributed by atoms with van der Waals surface area (Å²) >= 11 is 0. The number of nitrogens with zero attached hydrogens (tertiary/aromatic N) is 2. The first-order valence-electron chi connectivity index (χ1n) is 10.4. The first kappa shape index (κ1) is 20.5. The Kier molecular flexibility index (Phi) is 5.83. The van der Waals surface area contributed by atoms with Crippen LogP contribution in [0.3, 0.4) is 0 Å². The van der Waals surface area contributed by atoms with Crippen molar-refractivity contribution in [3.8, 4) is 5.75 Å². The zero-order chi connectivity index (χ0) is 21.3. The summed E-state index contributed by atoms with van der Waals surface area (Å²) in [7, 11) is 2.06. The van der Waals surface area contributed by atoms with Crippen LogP contribution in [0.5, 0.6) is 5.75 Å². The van der Waals surface area contributed by atoms with E-state index in [9.17, 15) is 19.2 Å². The van der Waals surface area contributed by atoms with Gasteiger partial charge in [-0.1, -0.05) is 6.07 Å². The minimum Gasteiger partial charge on any atom is -0.491 e. The van der Waals surface area contributed by atoms with Crippen LogP contribution in [0.25, 0.3) is 0 Å². The molecular weight excluding hydrogens is 388 g/mol. The van der Waals surface area contributed by atoms with Gasteiger partial charge in [0.05, 0.1) is 11.1 Å². The van der Waals surface area contributed by atoms with E-state index in [0.717, 1.165) is 30.8 Å². The molecule has 1 aromatic rings. The van der Waals surface area contributed by atoms with E-state index in [2.05, 4.69) is 22.6 Å². The van der Waals surface area contributed by atoms with Crippen molar-refractivity contribution in [2.24, 2.45) is 0 Å². The van der Waals surface area contributed by atoms with Gasteiger partial charge in [0, 0.05) is 19.0 Å². The molecule has 2 saturated heterocycles. The van der Waals surface area contributed by atoms with Crippen LogP contribution in [-0.4, -0.2) is 78.8 Å². The Morgan fingerprint density at radius 3 is 2.60 bits per heavy atom. The topological polar surface area (TPSA) is 108 Å². The van der Waals surface area contributed by atoms with E-state index in [1.165, 1.54) is 0 Å². The molecule has 0 aliphatic carbocycles. The highest BCUT2D eigenvalue weighted by Crippen LogP contribution is 2.33. The number of carbonyl (C=O) groups excluding carboxylic acids is 4. The second-order valence-corrected chi connectivity index (χ2v) is 7.94. The van der Waals surface area contributed by atoms with Crippen molar-refractivity contribution in [2.45, 2.75) is 37.8 Å². The Labute approximate surface area is 174 Å². The fourth-order valence-corrected chi connectivity index (χ4v) is 4.33. The molecule has 0 saturated carbocycles. The van der Waals surface area contributed by atoms with E-state index in [-0.39, 0.29) is 24.0 Å². The second-order valence-electron chi connectivity index (χ2n) is 7.94. The van der Waals surface area contributed by atoms with Crippen molar-refractivity contribution in [3.05, 3.63) is 29.3 Å². The van der Waals surface area contributed by atoms with Gasteiger partial charge in [-0.25, -0.2) is 0 Å². The Morgan fingerprint density at radius 2 is 1.87 bits per heavy atom. The third-order valence-corrected chi connectivity index (χ3v) is 6.06. The normalized spacial score (nSPS) is 22.5. The van der Waals surface area contributed by atoms with Gasteiger partial charge >= 0.3 is 0 Å². The summed E-state index contributed by atoms with van der Waals surface area (Å²) < 4.78 is 5.90. The summed E-state index contributed by atoms with van der Waals surface area (Å²) in [5, 5.41) is 5.55. The first-order valence-corrected chi connectivity index (χ1v) is 10.4. The summed E-state index contributed by atoms with van der Waals surface area (Å²) in [5.41, 5.74) is 0.422. The van der Waals surface area contributed by atoms with Gasteiger partial charge in [-0.05, 0) is 51.5 Å². The van der Waals surface area contributed by atoms with Gasteiger partial charge in [0.25, 0.3) is 11.8 Å². The number of nitrogens with one attached hydrogen (secondary N) is 2. The molecule has 0 bridgehead atoms. The van der Waals surface area contributed by atoms with Gasteiger partial charge in [0.15, 0.2) is 0 Å². The van der Waals surface area contributed by atoms with Gasteiger partial charge in [0.1, 0.15) is 18.4 Å². The maximum atomic E-state index is 13.0. The molecule has 3 aliphatic heterocycles. The third-order valence-electron chi connectivity index (χ3n) is 6.06. The first-order chi connectivity index (χ1) is 14.5. The number of likely N-dealkylation sites (N-methyl/N-ethyl adjacent to an activating group) is 1. The molecule has 0 radical (unpaired) electrons. The molecule has 3 heterocycles. The number of imide groups is 2. The summed E-state index contributed by atoms with van der Waals surface area (Å²) in [6.45, 7) is 3.10. The Hall–Kier alpha value is -2.78. The highest BCUT2D eigenvalue weighted by molar-refractivity contribution is 6.24. The molecule has 160 valence electrons. The predicted octanol–water partition coefficient (Wildman–Crippen LogP) is 0.150. The Morgan fingerprint density at radius 1 is 1.10 bits per heavy atom. The van der Waals surface area contributed by atoms with Crippen LogP contribution in [0, 0.1) is 0 Å². The van der Waals surface area contributed by atoms with E-state index in [1.54, 1.807) is 18.2 Å². The molecule has 0 spiro atoms. The van der Waals surface area contributed by atoms with Crippen LogP contribution < -0.4 is 15.4 Å². The SMILES string of the molecule is CN(CCOc1cccc2c1C(=O)N(C1CCC(=O)NC1=O)C2=O)C1CCNCC1. The molecule has 2 fully saturated rings. The van der Waals surface area contributed by atoms with E-state index < -0.39 is 29.7 Å². The van der Waals surface area contributed by atoms with Gasteiger partial charge in [-0.2, -0.15) is 0 Å². The highest BCUT2D eigenvalue weighted by Gasteiger charge is 2.46. The standard InChI is InChI=1S/C21H26N4O5/c1-24(13-7-9-22-10-8-13)11-12-30-16-4-2-3-14-18(16)21(29)25(20(14)28)15-5-6-17(26)23-19(15)27/h2-4,13,15,22H,5-12H2,1H3,(H,23,26,27). The third kappa shape index (κ3) is 3.82. The number of ether oxygens (including phenoxy) is 1. The van der Waals surface area contributed by atoms with E-state index in [1.807, 2.05) is 0 Å². The lowest BCUT2D eigenvalue weighted by Gasteiger charge is -2.31. The molecule has 1 atom stereocenters. The van der Waals surface area contributed by atoms with Gasteiger partial charge in [-0.15, -0.1) is 0 Å². The number of rotatable bonds is 6. The number of hydrogen-bond acceptors (Lipinski definition) is 7. The number of piperidine rings is 2. The Bertz CT molecular complexity index is 880. The van der Waals surface area contributed by atoms with E-state index in [0.29, 0.717) is 24.9 Å². The molecule has 30 heavy (non-hydrogen) atoms. The molecular formula is C21H26N4O5. The Balaban J connectivity index is 1.45. The van der Waals surface area contributed by atoms with Crippen molar-refractivity contribution in [1.29, 1.82) is 0 Å². The van der Waals surface area contributed by atoms with Crippen LogP contribution in [0.2, 0.25) is 0 Å². The quantitative estimate of drug-likeness (QED) is 0.638. The number of benzene rings is 1. The van der Waals surface area contributed by atoms with Gasteiger partial charge in [-0.3, -0.25) is 34.3 Å². The molecule has 9 nitrogen and oxygen atoms in total. The van der Waals surface area contributed by atoms with Crippen LogP contribution >= 0.6 is 0 Å². The van der Waals surface area contributed by atoms with Crippen LogP contribution in [0.1, 0.15) is 46.4 Å². The minimum atomic E-state index is -0.978. The van der Waals surface area contributed by atoms with Crippen molar-refractivity contribution < 1.29 is 23.9 Å². The lowest BCUT2D eigenvalue weighted by atomic mass is 10.0. The zero-order valence-electron chi connectivity index (χ0n) is 17.0. The number of carbonyl (C=O) groups is 4. The highest BCUT2D eigenvalue weighted by atomic mass is 16.5. The lowest BCUT2D eigenvalue weighted by molar-refractivity contribution is -0.136. The van der Waals surface area contributed by atoms with Crippen LogP contribution in [-0.2, 0) is 9.59 Å². The monoisotopic (exact) mass is 414 g/mol. The van der Waals surface area contributed by atoms with Crippen molar-refractivity contribution >= 4 is 23.6 Å². The van der Waals surface area contributed by atoms with Crippen LogP contribution in [0.4, 0.5) is 0 Å². The smallest absolute Gasteiger partial charge is 0.266 e. The van der Waals surface area contributed by atoms with Crippen LogP contribution in [0.15, 0.2) is 18.2 Å². The molecule has 1 unspecified atom stereocenters. The fraction of sp³-hybridized carbons (Fsp3) is 0.524. The fourth-order valence-electron chi connectivity index (χ4n) is 4.33. The predicted molar refractivity (Wildman–Crippen MR) is 107 cm³/mol. The lowest BCUT2D eigenvalue weighted by Crippen LogP contribution is -2.54. The molecule has 4 amide bonds. The minimum absolute atomic E-state index is 0.0934. The number of hydrogen-bond donors (Lipinski definition) is 2. The molecule has 3 aliphatic rings. The van der Waals surface area contributed by atoms with Crippen molar-refractivity contribution in [1.82, 2.24) is 20.4 Å². The van der Waals surface area contributed by atoms with Crippen molar-refractivity contribution in [2.75, 3.05) is 33.3 Å². The maximum absolute atomic E-state index is 13.0. The average Bonchev–Trinajstić information content (AvgIpc) is 3.00. The maximum Gasteiger partial charge on any atom is 0.266 e. The van der Waals surface area contributed by atoms with E-state index in [4.69, 9.17) is 4.74 Å². The molecule has 4 rings (SSSR count). The largest absolute Gasteiger partial charge is 0.491 e.